The van der Waals surface area contributed by atoms with E-state index >= 15 is 0 Å². The van der Waals surface area contributed by atoms with Gasteiger partial charge in [-0.1, -0.05) is 30.3 Å². The molecular weight excluding hydrogens is 332 g/mol. The van der Waals surface area contributed by atoms with Crippen molar-refractivity contribution in [2.75, 3.05) is 18.6 Å². The van der Waals surface area contributed by atoms with Gasteiger partial charge in [-0.25, -0.2) is 0 Å². The lowest BCUT2D eigenvalue weighted by molar-refractivity contribution is -0.122. The zero-order valence-corrected chi connectivity index (χ0v) is 14.5. The molecule has 0 aromatic heterocycles. The van der Waals surface area contributed by atoms with Crippen LogP contribution in [0.25, 0.3) is 0 Å². The lowest BCUT2D eigenvalue weighted by Gasteiger charge is -2.26. The van der Waals surface area contributed by atoms with Crippen molar-refractivity contribution in [3.8, 4) is 11.5 Å². The molecule has 2 amide bonds. The lowest BCUT2D eigenvalue weighted by Crippen LogP contribution is -2.44. The average molecular weight is 352 g/mol. The first-order valence-corrected chi connectivity index (χ1v) is 8.67. The number of phenolic OH excluding ortho intramolecular Hbond substituents is 1. The number of anilines is 1. The molecule has 1 N–H and O–H groups in total. The smallest absolute Gasteiger partial charge is 0.256 e. The number of ether oxygens (including phenoxy) is 1. The average Bonchev–Trinajstić information content (AvgIpc) is 3.13. The van der Waals surface area contributed by atoms with Gasteiger partial charge in [0.1, 0.15) is 6.04 Å². The van der Waals surface area contributed by atoms with Crippen LogP contribution in [0, 0.1) is 0 Å². The molecule has 1 fully saturated rings. The van der Waals surface area contributed by atoms with Gasteiger partial charge >= 0.3 is 0 Å². The molecule has 2 heterocycles. The van der Waals surface area contributed by atoms with Gasteiger partial charge in [-0.05, 0) is 24.5 Å². The molecule has 6 nitrogen and oxygen atoms in total. The van der Waals surface area contributed by atoms with E-state index in [4.69, 9.17) is 4.74 Å². The highest BCUT2D eigenvalue weighted by molar-refractivity contribution is 6.11. The second-order valence-corrected chi connectivity index (χ2v) is 6.61. The summed E-state index contributed by atoms with van der Waals surface area (Å²) in [4.78, 5) is 29.5. The largest absolute Gasteiger partial charge is 0.504 e. The van der Waals surface area contributed by atoms with Crippen molar-refractivity contribution in [1.29, 1.82) is 0 Å². The summed E-state index contributed by atoms with van der Waals surface area (Å²) in [5, 5.41) is 10.2. The summed E-state index contributed by atoms with van der Waals surface area (Å²) in [6.45, 7) is 0.910. The van der Waals surface area contributed by atoms with Crippen LogP contribution in [0.3, 0.4) is 0 Å². The molecule has 2 aliphatic rings. The molecule has 0 saturated carbocycles. The molecule has 0 spiro atoms. The van der Waals surface area contributed by atoms with E-state index in [0.717, 1.165) is 12.0 Å². The Labute approximate surface area is 151 Å². The van der Waals surface area contributed by atoms with E-state index in [9.17, 15) is 14.7 Å². The van der Waals surface area contributed by atoms with E-state index in [0.29, 0.717) is 30.8 Å². The topological polar surface area (TPSA) is 70.1 Å². The van der Waals surface area contributed by atoms with E-state index in [1.54, 1.807) is 9.80 Å². The second kappa shape index (κ2) is 6.37. The van der Waals surface area contributed by atoms with Crippen molar-refractivity contribution in [2.24, 2.45) is 0 Å². The van der Waals surface area contributed by atoms with Gasteiger partial charge in [-0.15, -0.1) is 0 Å². The Morgan fingerprint density at radius 1 is 1.19 bits per heavy atom. The number of hydrogen-bond donors (Lipinski definition) is 1. The van der Waals surface area contributed by atoms with Crippen molar-refractivity contribution < 1.29 is 19.4 Å². The Kier molecular flexibility index (Phi) is 4.03. The summed E-state index contributed by atoms with van der Waals surface area (Å²) in [6.07, 6.45) is 1.47. The number of amides is 2. The zero-order valence-electron chi connectivity index (χ0n) is 14.5. The van der Waals surface area contributed by atoms with Gasteiger partial charge in [-0.3, -0.25) is 9.59 Å². The van der Waals surface area contributed by atoms with E-state index in [1.807, 2.05) is 30.3 Å². The fourth-order valence-electron chi connectivity index (χ4n) is 3.76. The number of carbonyl (C=O) groups excluding carboxylic acids is 2. The minimum atomic E-state index is -0.452. The Morgan fingerprint density at radius 2 is 1.96 bits per heavy atom. The fraction of sp³-hybridized carbons (Fsp3) is 0.300. The predicted octanol–water partition coefficient (Wildman–Crippen LogP) is 2.55. The van der Waals surface area contributed by atoms with Crippen LogP contribution in [-0.4, -0.2) is 41.5 Å². The second-order valence-electron chi connectivity index (χ2n) is 6.61. The van der Waals surface area contributed by atoms with Gasteiger partial charge in [0, 0.05) is 12.6 Å². The summed E-state index contributed by atoms with van der Waals surface area (Å²) >= 11 is 0. The third kappa shape index (κ3) is 2.58. The van der Waals surface area contributed by atoms with Crippen molar-refractivity contribution >= 4 is 17.5 Å². The third-order valence-electron chi connectivity index (χ3n) is 5.07. The predicted molar refractivity (Wildman–Crippen MR) is 96.3 cm³/mol. The van der Waals surface area contributed by atoms with Crippen LogP contribution in [0.2, 0.25) is 0 Å². The number of hydrogen-bond acceptors (Lipinski definition) is 4. The Balaban J connectivity index is 1.86. The van der Waals surface area contributed by atoms with Crippen LogP contribution in [-0.2, 0) is 11.3 Å². The summed E-state index contributed by atoms with van der Waals surface area (Å²) in [5.74, 6) is -0.165. The molecule has 2 aromatic rings. The molecule has 26 heavy (non-hydrogen) atoms. The van der Waals surface area contributed by atoms with Crippen LogP contribution in [0.5, 0.6) is 11.5 Å². The molecule has 0 aliphatic carbocycles. The maximum atomic E-state index is 13.2. The number of methoxy groups -OCH3 is 1. The number of carbonyl (C=O) groups is 2. The highest BCUT2D eigenvalue weighted by Crippen LogP contribution is 2.39. The summed E-state index contributed by atoms with van der Waals surface area (Å²) in [7, 11) is 1.44. The van der Waals surface area contributed by atoms with Crippen LogP contribution in [0.1, 0.15) is 28.8 Å². The summed E-state index contributed by atoms with van der Waals surface area (Å²) in [5.41, 5.74) is 1.77. The first-order chi connectivity index (χ1) is 12.6. The monoisotopic (exact) mass is 352 g/mol. The first kappa shape index (κ1) is 16.4. The molecule has 1 saturated heterocycles. The van der Waals surface area contributed by atoms with Gasteiger partial charge < -0.3 is 19.6 Å². The van der Waals surface area contributed by atoms with E-state index < -0.39 is 6.04 Å². The molecule has 2 aromatic carbocycles. The summed E-state index contributed by atoms with van der Waals surface area (Å²) < 4.78 is 5.17. The molecule has 0 radical (unpaired) electrons. The Bertz CT molecular complexity index is 866. The number of phenols is 1. The zero-order chi connectivity index (χ0) is 18.3. The molecule has 2 aliphatic heterocycles. The SMILES string of the molecule is COc1cc2c(cc1O)N(Cc1ccccc1)C(=O)[C@@H]1CCCN1C2=O. The maximum absolute atomic E-state index is 13.2. The molecule has 6 heteroatoms. The van der Waals surface area contributed by atoms with Crippen molar-refractivity contribution in [1.82, 2.24) is 4.90 Å². The van der Waals surface area contributed by atoms with Gasteiger partial charge in [0.05, 0.1) is 24.9 Å². The quantitative estimate of drug-likeness (QED) is 0.922. The third-order valence-corrected chi connectivity index (χ3v) is 5.07. The number of nitrogens with zero attached hydrogens (tertiary/aromatic N) is 2. The molecule has 134 valence electrons. The lowest BCUT2D eigenvalue weighted by atomic mass is 10.1. The minimum absolute atomic E-state index is 0.0908. The number of aromatic hydroxyl groups is 1. The standard InChI is InChI=1S/C20H20N2O4/c1-26-18-10-14-16(11-17(18)23)22(12-13-6-3-2-4-7-13)20(25)15-8-5-9-21(15)19(14)24/h2-4,6-7,10-11,15,23H,5,8-9,12H2,1H3/t15-/m0/s1. The molecular formula is C20H20N2O4. The summed E-state index contributed by atoms with van der Waals surface area (Å²) in [6, 6.07) is 12.2. The molecule has 0 unspecified atom stereocenters. The van der Waals surface area contributed by atoms with Crippen LogP contribution in [0.15, 0.2) is 42.5 Å². The molecule has 0 bridgehead atoms. The highest BCUT2D eigenvalue weighted by Gasteiger charge is 2.42. The fourth-order valence-corrected chi connectivity index (χ4v) is 3.76. The number of benzene rings is 2. The van der Waals surface area contributed by atoms with Gasteiger partial charge in [0.25, 0.3) is 5.91 Å². The van der Waals surface area contributed by atoms with Crippen LogP contribution < -0.4 is 9.64 Å². The van der Waals surface area contributed by atoms with Gasteiger partial charge in [0.15, 0.2) is 11.5 Å². The minimum Gasteiger partial charge on any atom is -0.504 e. The Hall–Kier alpha value is -3.02. The van der Waals surface area contributed by atoms with Crippen LogP contribution in [0.4, 0.5) is 5.69 Å². The maximum Gasteiger partial charge on any atom is 0.256 e. The van der Waals surface area contributed by atoms with Gasteiger partial charge in [0.2, 0.25) is 5.91 Å². The van der Waals surface area contributed by atoms with E-state index in [2.05, 4.69) is 0 Å². The van der Waals surface area contributed by atoms with E-state index in [1.165, 1.54) is 19.2 Å². The number of rotatable bonds is 3. The van der Waals surface area contributed by atoms with Crippen molar-refractivity contribution in [2.45, 2.75) is 25.4 Å². The Morgan fingerprint density at radius 3 is 2.69 bits per heavy atom. The van der Waals surface area contributed by atoms with Crippen molar-refractivity contribution in [3.63, 3.8) is 0 Å². The highest BCUT2D eigenvalue weighted by atomic mass is 16.5. The first-order valence-electron chi connectivity index (χ1n) is 8.67. The molecule has 4 rings (SSSR count). The number of fused-ring (bicyclic) bond motifs is 2. The van der Waals surface area contributed by atoms with E-state index in [-0.39, 0.29) is 23.3 Å². The normalized spacial score (nSPS) is 19.2. The van der Waals surface area contributed by atoms with Crippen molar-refractivity contribution in [3.05, 3.63) is 53.6 Å². The van der Waals surface area contributed by atoms with Gasteiger partial charge in [-0.2, -0.15) is 0 Å². The van der Waals surface area contributed by atoms with Crippen LogP contribution >= 0.6 is 0 Å². The molecule has 1 atom stereocenters.